The fourth-order valence-corrected chi connectivity index (χ4v) is 1.83. The second-order valence-corrected chi connectivity index (χ2v) is 4.64. The van der Waals surface area contributed by atoms with Crippen LogP contribution in [0, 0.1) is 13.8 Å². The minimum atomic E-state index is 0.784. The van der Waals surface area contributed by atoms with Crippen molar-refractivity contribution in [2.45, 2.75) is 26.7 Å². The normalized spacial score (nSPS) is 11.3. The number of methoxy groups -OCH3 is 1. The number of hydrogen-bond donors (Lipinski definition) is 1. The molecule has 0 spiro atoms. The Morgan fingerprint density at radius 1 is 1.17 bits per heavy atom. The standard InChI is InChI=1S/C16H25NO/c1-14-8-9-15(2)16(13-14)7-5-4-6-10-17-11-12-18-3/h4-5,8-9,13,17H,6-7,10-12H2,1-3H3. The van der Waals surface area contributed by atoms with E-state index in [1.54, 1.807) is 7.11 Å². The molecule has 18 heavy (non-hydrogen) atoms. The number of rotatable bonds is 8. The van der Waals surface area contributed by atoms with Gasteiger partial charge in [0.2, 0.25) is 0 Å². The lowest BCUT2D eigenvalue weighted by atomic mass is 10.0. The van der Waals surface area contributed by atoms with E-state index in [4.69, 9.17) is 4.74 Å². The molecule has 1 aromatic carbocycles. The third kappa shape index (κ3) is 5.99. The SMILES string of the molecule is COCCNCCC=CCc1cc(C)ccc1C. The van der Waals surface area contributed by atoms with E-state index in [-0.39, 0.29) is 0 Å². The Labute approximate surface area is 111 Å². The molecule has 0 aliphatic heterocycles. The molecule has 2 heteroatoms. The van der Waals surface area contributed by atoms with Gasteiger partial charge in [0.1, 0.15) is 0 Å². The van der Waals surface area contributed by atoms with Crippen molar-refractivity contribution in [1.82, 2.24) is 5.32 Å². The van der Waals surface area contributed by atoms with E-state index < -0.39 is 0 Å². The van der Waals surface area contributed by atoms with Gasteiger partial charge < -0.3 is 10.1 Å². The Bertz CT molecular complexity index is 371. The highest BCUT2D eigenvalue weighted by Crippen LogP contribution is 2.11. The molecule has 0 heterocycles. The van der Waals surface area contributed by atoms with E-state index in [1.807, 2.05) is 0 Å². The van der Waals surface area contributed by atoms with E-state index >= 15 is 0 Å². The van der Waals surface area contributed by atoms with Crippen molar-refractivity contribution >= 4 is 0 Å². The van der Waals surface area contributed by atoms with Crippen molar-refractivity contribution < 1.29 is 4.74 Å². The lowest BCUT2D eigenvalue weighted by Crippen LogP contribution is -2.19. The van der Waals surface area contributed by atoms with E-state index in [2.05, 4.69) is 49.5 Å². The second kappa shape index (κ2) is 8.90. The molecule has 0 amide bonds. The first-order valence-electron chi connectivity index (χ1n) is 6.65. The van der Waals surface area contributed by atoms with Crippen LogP contribution in [-0.2, 0) is 11.2 Å². The van der Waals surface area contributed by atoms with Gasteiger partial charge >= 0.3 is 0 Å². The van der Waals surface area contributed by atoms with E-state index in [0.717, 1.165) is 32.5 Å². The summed E-state index contributed by atoms with van der Waals surface area (Å²) in [5.74, 6) is 0. The number of aryl methyl sites for hydroxylation is 2. The van der Waals surface area contributed by atoms with Crippen LogP contribution in [0.5, 0.6) is 0 Å². The zero-order valence-electron chi connectivity index (χ0n) is 11.8. The summed E-state index contributed by atoms with van der Waals surface area (Å²) in [6, 6.07) is 6.64. The summed E-state index contributed by atoms with van der Waals surface area (Å²) in [4.78, 5) is 0. The summed E-state index contributed by atoms with van der Waals surface area (Å²) in [5.41, 5.74) is 4.15. The van der Waals surface area contributed by atoms with Crippen molar-refractivity contribution in [3.05, 3.63) is 47.0 Å². The quantitative estimate of drug-likeness (QED) is 0.563. The van der Waals surface area contributed by atoms with Gasteiger partial charge in [0.05, 0.1) is 6.61 Å². The van der Waals surface area contributed by atoms with Crippen molar-refractivity contribution in [2.24, 2.45) is 0 Å². The van der Waals surface area contributed by atoms with E-state index in [0.29, 0.717) is 0 Å². The van der Waals surface area contributed by atoms with Crippen LogP contribution in [0.1, 0.15) is 23.1 Å². The molecular weight excluding hydrogens is 222 g/mol. The molecule has 0 bridgehead atoms. The fraction of sp³-hybridized carbons (Fsp3) is 0.500. The molecule has 0 aromatic heterocycles. The van der Waals surface area contributed by atoms with Gasteiger partial charge in [-0.3, -0.25) is 0 Å². The first-order chi connectivity index (χ1) is 8.74. The molecule has 2 nitrogen and oxygen atoms in total. The molecule has 1 aromatic rings. The number of hydrogen-bond acceptors (Lipinski definition) is 2. The van der Waals surface area contributed by atoms with Gasteiger partial charge in [0.25, 0.3) is 0 Å². The molecule has 1 rings (SSSR count). The van der Waals surface area contributed by atoms with Crippen LogP contribution < -0.4 is 5.32 Å². The Kier molecular flexibility index (Phi) is 7.38. The molecule has 0 atom stereocenters. The monoisotopic (exact) mass is 247 g/mol. The van der Waals surface area contributed by atoms with Gasteiger partial charge in [-0.05, 0) is 44.4 Å². The summed E-state index contributed by atoms with van der Waals surface area (Å²) in [6.07, 6.45) is 6.63. The third-order valence-electron chi connectivity index (χ3n) is 2.98. The molecule has 0 unspecified atom stereocenters. The summed E-state index contributed by atoms with van der Waals surface area (Å²) < 4.78 is 4.97. The molecule has 100 valence electrons. The summed E-state index contributed by atoms with van der Waals surface area (Å²) in [7, 11) is 1.73. The van der Waals surface area contributed by atoms with Gasteiger partial charge in [-0.15, -0.1) is 0 Å². The number of nitrogens with one attached hydrogen (secondary N) is 1. The molecule has 0 fully saturated rings. The molecule has 0 saturated heterocycles. The zero-order valence-corrected chi connectivity index (χ0v) is 11.8. The Balaban J connectivity index is 2.21. The highest BCUT2D eigenvalue weighted by Gasteiger charge is 1.95. The van der Waals surface area contributed by atoms with Gasteiger partial charge in [-0.2, -0.15) is 0 Å². The number of benzene rings is 1. The molecule has 0 saturated carbocycles. The maximum absolute atomic E-state index is 4.97. The van der Waals surface area contributed by atoms with Crippen molar-refractivity contribution in [1.29, 1.82) is 0 Å². The van der Waals surface area contributed by atoms with Crippen LogP contribution in [0.25, 0.3) is 0 Å². The summed E-state index contributed by atoms with van der Waals surface area (Å²) in [6.45, 7) is 7.06. The van der Waals surface area contributed by atoms with Gasteiger partial charge in [-0.25, -0.2) is 0 Å². The summed E-state index contributed by atoms with van der Waals surface area (Å²) in [5, 5.41) is 3.33. The molecule has 0 aliphatic carbocycles. The molecule has 0 aliphatic rings. The van der Waals surface area contributed by atoms with Crippen molar-refractivity contribution in [3.63, 3.8) is 0 Å². The second-order valence-electron chi connectivity index (χ2n) is 4.64. The maximum Gasteiger partial charge on any atom is 0.0587 e. The van der Waals surface area contributed by atoms with Crippen molar-refractivity contribution in [2.75, 3.05) is 26.8 Å². The minimum absolute atomic E-state index is 0.784. The van der Waals surface area contributed by atoms with Gasteiger partial charge in [0.15, 0.2) is 0 Å². The maximum atomic E-state index is 4.97. The average molecular weight is 247 g/mol. The molecule has 0 radical (unpaired) electrons. The minimum Gasteiger partial charge on any atom is -0.383 e. The molecule has 1 N–H and O–H groups in total. The van der Waals surface area contributed by atoms with Crippen LogP contribution in [0.15, 0.2) is 30.4 Å². The Hall–Kier alpha value is -1.12. The van der Waals surface area contributed by atoms with Crippen LogP contribution >= 0.6 is 0 Å². The van der Waals surface area contributed by atoms with Crippen LogP contribution in [0.2, 0.25) is 0 Å². The van der Waals surface area contributed by atoms with Gasteiger partial charge in [-0.1, -0.05) is 35.9 Å². The third-order valence-corrected chi connectivity index (χ3v) is 2.98. The highest BCUT2D eigenvalue weighted by molar-refractivity contribution is 5.31. The number of allylic oxidation sites excluding steroid dienone is 1. The largest absolute Gasteiger partial charge is 0.383 e. The van der Waals surface area contributed by atoms with Crippen LogP contribution in [-0.4, -0.2) is 26.8 Å². The first-order valence-corrected chi connectivity index (χ1v) is 6.65. The fourth-order valence-electron chi connectivity index (χ4n) is 1.83. The van der Waals surface area contributed by atoms with Crippen molar-refractivity contribution in [3.8, 4) is 0 Å². The lowest BCUT2D eigenvalue weighted by molar-refractivity contribution is 0.199. The average Bonchev–Trinajstić information content (AvgIpc) is 2.36. The smallest absolute Gasteiger partial charge is 0.0587 e. The Morgan fingerprint density at radius 2 is 2.00 bits per heavy atom. The van der Waals surface area contributed by atoms with Gasteiger partial charge in [0, 0.05) is 13.7 Å². The number of ether oxygens (including phenoxy) is 1. The Morgan fingerprint density at radius 3 is 2.78 bits per heavy atom. The first kappa shape index (κ1) is 14.9. The predicted molar refractivity (Wildman–Crippen MR) is 78.1 cm³/mol. The van der Waals surface area contributed by atoms with E-state index in [9.17, 15) is 0 Å². The van der Waals surface area contributed by atoms with Crippen LogP contribution in [0.4, 0.5) is 0 Å². The predicted octanol–water partition coefficient (Wildman–Crippen LogP) is 3.03. The highest BCUT2D eigenvalue weighted by atomic mass is 16.5. The summed E-state index contributed by atoms with van der Waals surface area (Å²) >= 11 is 0. The zero-order chi connectivity index (χ0) is 13.2. The van der Waals surface area contributed by atoms with Crippen LogP contribution in [0.3, 0.4) is 0 Å². The lowest BCUT2D eigenvalue weighted by Gasteiger charge is -2.04. The van der Waals surface area contributed by atoms with E-state index in [1.165, 1.54) is 16.7 Å². The molecular formula is C16H25NO. The topological polar surface area (TPSA) is 21.3 Å².